The fourth-order valence-corrected chi connectivity index (χ4v) is 1.65. The molecule has 0 spiro atoms. The van der Waals surface area contributed by atoms with Crippen molar-refractivity contribution in [2.45, 2.75) is 20.3 Å². The Balaban J connectivity index is 2.31. The minimum absolute atomic E-state index is 0.331. The Kier molecular flexibility index (Phi) is 4.49. The third-order valence-corrected chi connectivity index (χ3v) is 2.56. The number of aromatic amines is 2. The Labute approximate surface area is 115 Å². The van der Waals surface area contributed by atoms with Crippen LogP contribution in [0.2, 0.25) is 0 Å². The van der Waals surface area contributed by atoms with E-state index in [0.29, 0.717) is 11.5 Å². The van der Waals surface area contributed by atoms with E-state index in [-0.39, 0.29) is 0 Å². The van der Waals surface area contributed by atoms with E-state index < -0.39 is 5.76 Å². The highest BCUT2D eigenvalue weighted by atomic mass is 16.5. The number of hydrogen-bond donors (Lipinski definition) is 2. The molecule has 6 nitrogen and oxygen atoms in total. The van der Waals surface area contributed by atoms with Gasteiger partial charge >= 0.3 is 5.76 Å². The summed E-state index contributed by atoms with van der Waals surface area (Å²) in [5.41, 5.74) is 2.33. The van der Waals surface area contributed by atoms with E-state index in [0.717, 1.165) is 17.7 Å². The zero-order chi connectivity index (χ0) is 14.4. The largest absolute Gasteiger partial charge is 0.439 e. The maximum atomic E-state index is 10.9. The van der Waals surface area contributed by atoms with Gasteiger partial charge in [0.15, 0.2) is 0 Å². The first kappa shape index (κ1) is 13.8. The Morgan fingerprint density at radius 2 is 2.35 bits per heavy atom. The molecule has 0 fully saturated rings. The molecule has 2 heterocycles. The van der Waals surface area contributed by atoms with Gasteiger partial charge in [-0.2, -0.15) is 5.10 Å². The molecule has 20 heavy (non-hydrogen) atoms. The van der Waals surface area contributed by atoms with Gasteiger partial charge in [0.05, 0.1) is 5.69 Å². The lowest BCUT2D eigenvalue weighted by atomic mass is 10.1. The Hall–Kier alpha value is -2.63. The second kappa shape index (κ2) is 6.51. The molecule has 0 saturated heterocycles. The van der Waals surface area contributed by atoms with Gasteiger partial charge in [-0.05, 0) is 19.4 Å². The number of nitrogens with zero attached hydrogens (tertiary/aromatic N) is 2. The first-order valence-electron chi connectivity index (χ1n) is 6.36. The van der Waals surface area contributed by atoms with Gasteiger partial charge in [-0.1, -0.05) is 42.5 Å². The summed E-state index contributed by atoms with van der Waals surface area (Å²) >= 11 is 0. The van der Waals surface area contributed by atoms with Crippen molar-refractivity contribution in [3.8, 4) is 11.5 Å². The first-order valence-corrected chi connectivity index (χ1v) is 6.36. The molecule has 0 unspecified atom stereocenters. The normalized spacial score (nSPS) is 12.8. The van der Waals surface area contributed by atoms with Gasteiger partial charge in [0, 0.05) is 5.57 Å². The van der Waals surface area contributed by atoms with Crippen LogP contribution >= 0.6 is 0 Å². The van der Waals surface area contributed by atoms with Crippen molar-refractivity contribution >= 4 is 5.57 Å². The smallest absolute Gasteiger partial charge is 0.296 e. The zero-order valence-corrected chi connectivity index (χ0v) is 11.4. The fourth-order valence-electron chi connectivity index (χ4n) is 1.65. The van der Waals surface area contributed by atoms with Crippen LogP contribution in [0.5, 0.6) is 0 Å². The van der Waals surface area contributed by atoms with Crippen molar-refractivity contribution in [1.29, 1.82) is 0 Å². The van der Waals surface area contributed by atoms with Crippen molar-refractivity contribution in [1.82, 2.24) is 20.3 Å². The topological polar surface area (TPSA) is 87.6 Å². The summed E-state index contributed by atoms with van der Waals surface area (Å²) in [5, 5.41) is 10.7. The van der Waals surface area contributed by atoms with Crippen LogP contribution in [0.4, 0.5) is 0 Å². The predicted octanol–water partition coefficient (Wildman–Crippen LogP) is 2.68. The van der Waals surface area contributed by atoms with Gasteiger partial charge in [-0.15, -0.1) is 0 Å². The van der Waals surface area contributed by atoms with E-state index in [1.807, 2.05) is 31.2 Å². The number of rotatable bonds is 5. The minimum Gasteiger partial charge on any atom is -0.296 e. The first-order chi connectivity index (χ1) is 9.74. The lowest BCUT2D eigenvalue weighted by Gasteiger charge is -1.94. The van der Waals surface area contributed by atoms with Crippen LogP contribution in [0.15, 0.2) is 45.8 Å². The molecule has 2 aromatic rings. The Bertz CT molecular complexity index is 701. The van der Waals surface area contributed by atoms with Crippen LogP contribution in [0.25, 0.3) is 17.1 Å². The number of hydrogen-bond acceptors (Lipinski definition) is 4. The summed E-state index contributed by atoms with van der Waals surface area (Å²) in [4.78, 5) is 13.4. The summed E-state index contributed by atoms with van der Waals surface area (Å²) in [6.45, 7) is 4.02. The summed E-state index contributed by atoms with van der Waals surface area (Å²) in [6.07, 6.45) is 10.9. The van der Waals surface area contributed by atoms with Crippen molar-refractivity contribution in [3.05, 3.63) is 52.7 Å². The molecule has 0 aliphatic carbocycles. The van der Waals surface area contributed by atoms with E-state index >= 15 is 0 Å². The van der Waals surface area contributed by atoms with Crippen LogP contribution in [0, 0.1) is 0 Å². The molecular formula is C14H16N4O2. The molecule has 2 N–H and O–H groups in total. The molecular weight excluding hydrogens is 256 g/mol. The number of H-pyrrole nitrogens is 2. The Morgan fingerprint density at radius 3 is 3.00 bits per heavy atom. The van der Waals surface area contributed by atoms with Crippen LogP contribution in [-0.2, 0) is 0 Å². The van der Waals surface area contributed by atoms with Gasteiger partial charge in [-0.3, -0.25) is 14.6 Å². The van der Waals surface area contributed by atoms with Gasteiger partial charge in [0.25, 0.3) is 0 Å². The third-order valence-electron chi connectivity index (χ3n) is 2.56. The van der Waals surface area contributed by atoms with Crippen LogP contribution in [0.3, 0.4) is 0 Å². The molecule has 0 aliphatic rings. The molecule has 104 valence electrons. The fraction of sp³-hybridized carbons (Fsp3) is 0.214. The standard InChI is InChI=1S/C14H16N4O2/c1-3-5-6-8-10(7-4-2)11-9-12(17-16-11)13-15-14(19)20-18-13/h4-9H,3H2,1-2H3,(H,16,17)(H,15,18,19)/b6-5+,7-4-,10-8+. The third kappa shape index (κ3) is 3.23. The molecule has 0 aromatic carbocycles. The van der Waals surface area contributed by atoms with Gasteiger partial charge < -0.3 is 0 Å². The highest BCUT2D eigenvalue weighted by molar-refractivity contribution is 5.74. The lowest BCUT2D eigenvalue weighted by Crippen LogP contribution is -1.94. The van der Waals surface area contributed by atoms with E-state index in [2.05, 4.69) is 37.9 Å². The quantitative estimate of drug-likeness (QED) is 0.819. The molecule has 0 bridgehead atoms. The van der Waals surface area contributed by atoms with Crippen molar-refractivity contribution < 1.29 is 4.52 Å². The molecule has 0 radical (unpaired) electrons. The highest BCUT2D eigenvalue weighted by Crippen LogP contribution is 2.19. The zero-order valence-electron chi connectivity index (χ0n) is 11.4. The molecule has 2 aromatic heterocycles. The van der Waals surface area contributed by atoms with Gasteiger partial charge in [-0.25, -0.2) is 4.79 Å². The molecule has 2 rings (SSSR count). The van der Waals surface area contributed by atoms with E-state index in [1.165, 1.54) is 0 Å². The molecule has 0 amide bonds. The van der Waals surface area contributed by atoms with E-state index in [9.17, 15) is 4.79 Å². The maximum absolute atomic E-state index is 10.9. The summed E-state index contributed by atoms with van der Waals surface area (Å²) in [7, 11) is 0. The summed E-state index contributed by atoms with van der Waals surface area (Å²) in [5.74, 6) is -0.260. The predicted molar refractivity (Wildman–Crippen MR) is 76.9 cm³/mol. The Morgan fingerprint density at radius 1 is 1.50 bits per heavy atom. The number of allylic oxidation sites excluding steroid dienone is 6. The maximum Gasteiger partial charge on any atom is 0.439 e. The molecule has 0 saturated carbocycles. The van der Waals surface area contributed by atoms with Crippen molar-refractivity contribution in [2.24, 2.45) is 0 Å². The van der Waals surface area contributed by atoms with Crippen molar-refractivity contribution in [2.75, 3.05) is 0 Å². The van der Waals surface area contributed by atoms with Crippen LogP contribution in [-0.4, -0.2) is 20.3 Å². The van der Waals surface area contributed by atoms with Crippen LogP contribution < -0.4 is 5.76 Å². The van der Waals surface area contributed by atoms with E-state index in [1.54, 1.807) is 6.07 Å². The monoisotopic (exact) mass is 272 g/mol. The second-order valence-electron chi connectivity index (χ2n) is 4.07. The lowest BCUT2D eigenvalue weighted by molar-refractivity contribution is 0.387. The number of aromatic nitrogens is 4. The molecule has 0 aliphatic heterocycles. The van der Waals surface area contributed by atoms with E-state index in [4.69, 9.17) is 0 Å². The SMILES string of the molecule is C\C=C/C(=C\C=C\CC)c1cc(-c2noc(=O)[nH]2)[nH]n1. The average Bonchev–Trinajstić information content (AvgIpc) is 3.06. The summed E-state index contributed by atoms with van der Waals surface area (Å²) in [6, 6.07) is 1.80. The summed E-state index contributed by atoms with van der Waals surface area (Å²) < 4.78 is 4.47. The second-order valence-corrected chi connectivity index (χ2v) is 4.07. The van der Waals surface area contributed by atoms with Gasteiger partial charge in [0.1, 0.15) is 5.69 Å². The molecule has 0 atom stereocenters. The highest BCUT2D eigenvalue weighted by Gasteiger charge is 2.09. The van der Waals surface area contributed by atoms with Crippen LogP contribution in [0.1, 0.15) is 26.0 Å². The van der Waals surface area contributed by atoms with Crippen molar-refractivity contribution in [3.63, 3.8) is 0 Å². The minimum atomic E-state index is -0.591. The number of nitrogens with one attached hydrogen (secondary N) is 2. The average molecular weight is 272 g/mol. The molecule has 6 heteroatoms. The van der Waals surface area contributed by atoms with Gasteiger partial charge in [0.2, 0.25) is 5.82 Å².